The van der Waals surface area contributed by atoms with E-state index < -0.39 is 0 Å². The van der Waals surface area contributed by atoms with Gasteiger partial charge in [0.25, 0.3) is 0 Å². The molecule has 1 aromatic carbocycles. The number of ether oxygens (including phenoxy) is 1. The number of benzene rings is 1. The summed E-state index contributed by atoms with van der Waals surface area (Å²) in [5.74, 6) is 0.580. The number of methoxy groups -OCH3 is 1. The predicted octanol–water partition coefficient (Wildman–Crippen LogP) is 2.73. The van der Waals surface area contributed by atoms with Crippen LogP contribution in [-0.4, -0.2) is 24.8 Å². The fourth-order valence-electron chi connectivity index (χ4n) is 3.89. The van der Waals surface area contributed by atoms with Gasteiger partial charge in [0.2, 0.25) is 5.91 Å². The molecular weight excluding hydrogens is 278 g/mol. The normalized spacial score (nSPS) is 25.0. The smallest absolute Gasteiger partial charge is 0.231 e. The highest BCUT2D eigenvalue weighted by Gasteiger charge is 2.49. The van der Waals surface area contributed by atoms with E-state index in [9.17, 15) is 9.59 Å². The first-order chi connectivity index (χ1) is 10.5. The fourth-order valence-corrected chi connectivity index (χ4v) is 3.89. The van der Waals surface area contributed by atoms with Gasteiger partial charge in [0, 0.05) is 5.56 Å². The molecule has 3 aliphatic rings. The van der Waals surface area contributed by atoms with Gasteiger partial charge in [0.05, 0.1) is 31.2 Å². The van der Waals surface area contributed by atoms with Crippen LogP contribution in [0.3, 0.4) is 0 Å². The molecule has 2 atom stereocenters. The third kappa shape index (κ3) is 1.47. The minimum absolute atomic E-state index is 0.0753. The molecule has 1 amide bonds. The topological polar surface area (TPSA) is 46.6 Å². The zero-order valence-electron chi connectivity index (χ0n) is 12.8. The number of nitrogens with zero attached hydrogens (tertiary/aromatic N) is 1. The van der Waals surface area contributed by atoms with E-state index in [4.69, 9.17) is 4.74 Å². The van der Waals surface area contributed by atoms with E-state index >= 15 is 0 Å². The second-order valence-electron chi connectivity index (χ2n) is 6.13. The fraction of sp³-hybridized carbons (Fsp3) is 0.333. The molecule has 0 N–H and O–H groups in total. The number of anilines is 1. The first kappa shape index (κ1) is 13.3. The van der Waals surface area contributed by atoms with Crippen LogP contribution in [0.4, 0.5) is 5.69 Å². The number of rotatable bonds is 1. The maximum atomic E-state index is 12.9. The van der Waals surface area contributed by atoms with Gasteiger partial charge in [-0.15, -0.1) is 0 Å². The number of fused-ring (bicyclic) bond motifs is 2. The van der Waals surface area contributed by atoms with E-state index in [0.717, 1.165) is 22.4 Å². The van der Waals surface area contributed by atoms with Crippen LogP contribution in [0.5, 0.6) is 5.75 Å². The molecular formula is C18H17NO3. The summed E-state index contributed by atoms with van der Waals surface area (Å²) in [4.78, 5) is 27.3. The van der Waals surface area contributed by atoms with Gasteiger partial charge < -0.3 is 9.64 Å². The molecule has 4 nitrogen and oxygen atoms in total. The van der Waals surface area contributed by atoms with Crippen LogP contribution in [0.15, 0.2) is 29.9 Å². The Labute approximate surface area is 129 Å². The summed E-state index contributed by atoms with van der Waals surface area (Å²) in [5.41, 5.74) is 4.34. The summed E-state index contributed by atoms with van der Waals surface area (Å²) in [6, 6.07) is 1.65. The monoisotopic (exact) mass is 295 g/mol. The molecule has 112 valence electrons. The Morgan fingerprint density at radius 2 is 2.00 bits per heavy atom. The average Bonchev–Trinajstić information content (AvgIpc) is 2.84. The van der Waals surface area contributed by atoms with Crippen molar-refractivity contribution in [3.8, 4) is 5.75 Å². The van der Waals surface area contributed by atoms with E-state index in [0.29, 0.717) is 17.7 Å². The van der Waals surface area contributed by atoms with Gasteiger partial charge in [-0.3, -0.25) is 9.59 Å². The van der Waals surface area contributed by atoms with Gasteiger partial charge in [-0.2, -0.15) is 0 Å². The highest BCUT2D eigenvalue weighted by Crippen LogP contribution is 2.47. The van der Waals surface area contributed by atoms with Crippen molar-refractivity contribution >= 4 is 17.4 Å². The van der Waals surface area contributed by atoms with Crippen LogP contribution in [0.2, 0.25) is 0 Å². The molecule has 22 heavy (non-hydrogen) atoms. The summed E-state index contributed by atoms with van der Waals surface area (Å²) in [7, 11) is 1.60. The molecule has 1 aliphatic carbocycles. The Hall–Kier alpha value is -2.36. The molecule has 0 radical (unpaired) electrons. The van der Waals surface area contributed by atoms with Gasteiger partial charge in [-0.1, -0.05) is 18.2 Å². The molecule has 4 heteroatoms. The molecule has 2 aliphatic heterocycles. The summed E-state index contributed by atoms with van der Waals surface area (Å²) in [6.07, 6.45) is 6.19. The lowest BCUT2D eigenvalue weighted by molar-refractivity contribution is -0.117. The van der Waals surface area contributed by atoms with Gasteiger partial charge >= 0.3 is 0 Å². The molecule has 4 rings (SSSR count). The number of Topliss-reactive ketones (excluding diaryl/α,β-unsaturated/α-hetero) is 1. The lowest BCUT2D eigenvalue weighted by atomic mass is 9.79. The van der Waals surface area contributed by atoms with Gasteiger partial charge in [0.1, 0.15) is 5.75 Å². The van der Waals surface area contributed by atoms with Crippen LogP contribution < -0.4 is 9.64 Å². The van der Waals surface area contributed by atoms with E-state index in [2.05, 4.69) is 0 Å². The van der Waals surface area contributed by atoms with Crippen molar-refractivity contribution in [3.05, 3.63) is 46.6 Å². The Balaban J connectivity index is 2.03. The van der Waals surface area contributed by atoms with Crippen LogP contribution in [0.1, 0.15) is 27.9 Å². The number of ketones is 1. The quantitative estimate of drug-likeness (QED) is 0.800. The van der Waals surface area contributed by atoms with Crippen LogP contribution in [0, 0.1) is 19.8 Å². The zero-order valence-corrected chi connectivity index (χ0v) is 12.8. The van der Waals surface area contributed by atoms with Gasteiger partial charge in [0.15, 0.2) is 5.78 Å². The molecule has 2 unspecified atom stereocenters. The molecule has 1 saturated heterocycles. The third-order valence-electron chi connectivity index (χ3n) is 5.10. The molecule has 1 fully saturated rings. The van der Waals surface area contributed by atoms with E-state index in [1.807, 2.05) is 37.0 Å². The van der Waals surface area contributed by atoms with E-state index in [1.54, 1.807) is 13.2 Å². The van der Waals surface area contributed by atoms with Crippen molar-refractivity contribution in [2.24, 2.45) is 5.92 Å². The van der Waals surface area contributed by atoms with Crippen LogP contribution in [0.25, 0.3) is 0 Å². The highest BCUT2D eigenvalue weighted by atomic mass is 16.5. The first-order valence-electron chi connectivity index (χ1n) is 7.46. The molecule has 0 aromatic heterocycles. The predicted molar refractivity (Wildman–Crippen MR) is 83.4 cm³/mol. The average molecular weight is 295 g/mol. The summed E-state index contributed by atoms with van der Waals surface area (Å²) >= 11 is 0. The largest absolute Gasteiger partial charge is 0.496 e. The van der Waals surface area contributed by atoms with Crippen molar-refractivity contribution < 1.29 is 14.3 Å². The maximum Gasteiger partial charge on any atom is 0.231 e. The number of allylic oxidation sites excluding steroid dienone is 2. The Morgan fingerprint density at radius 1 is 1.23 bits per heavy atom. The summed E-state index contributed by atoms with van der Waals surface area (Å²) in [6.45, 7) is 3.92. The van der Waals surface area contributed by atoms with Crippen molar-refractivity contribution in [1.82, 2.24) is 0 Å². The Bertz CT molecular complexity index is 788. The first-order valence-corrected chi connectivity index (χ1v) is 7.46. The molecule has 1 aromatic rings. The van der Waals surface area contributed by atoms with Crippen LogP contribution >= 0.6 is 0 Å². The number of carbonyl (C=O) groups is 2. The summed E-state index contributed by atoms with van der Waals surface area (Å²) in [5, 5.41) is 0. The number of amides is 1. The lowest BCUT2D eigenvalue weighted by Gasteiger charge is -2.39. The van der Waals surface area contributed by atoms with Crippen molar-refractivity contribution in [1.29, 1.82) is 0 Å². The third-order valence-corrected chi connectivity index (χ3v) is 5.10. The van der Waals surface area contributed by atoms with E-state index in [1.165, 1.54) is 0 Å². The van der Waals surface area contributed by atoms with Gasteiger partial charge in [-0.05, 0) is 36.6 Å². The van der Waals surface area contributed by atoms with E-state index in [-0.39, 0.29) is 23.7 Å². The standard InChI is InChI=1S/C18H17NO3/c1-9-10(2)16-13(8-14(9)22-3)18(21)12-6-4-5-11-7-15(20)19(16)17(11)12/h4-6,8,12,17H,7H2,1-3H3. The summed E-state index contributed by atoms with van der Waals surface area (Å²) < 4.78 is 5.40. The second kappa shape index (κ2) is 4.32. The van der Waals surface area contributed by atoms with Crippen molar-refractivity contribution in [3.63, 3.8) is 0 Å². The molecule has 0 bridgehead atoms. The van der Waals surface area contributed by atoms with Crippen molar-refractivity contribution in [2.75, 3.05) is 12.0 Å². The number of carbonyl (C=O) groups excluding carboxylic acids is 2. The number of hydrogen-bond donors (Lipinski definition) is 0. The maximum absolute atomic E-state index is 12.9. The Morgan fingerprint density at radius 3 is 2.73 bits per heavy atom. The Kier molecular flexibility index (Phi) is 2.61. The minimum Gasteiger partial charge on any atom is -0.496 e. The minimum atomic E-state index is -0.272. The zero-order chi connectivity index (χ0) is 15.6. The molecule has 0 spiro atoms. The van der Waals surface area contributed by atoms with Crippen molar-refractivity contribution in [2.45, 2.75) is 26.3 Å². The molecule has 2 heterocycles. The second-order valence-corrected chi connectivity index (χ2v) is 6.13. The number of hydrogen-bond acceptors (Lipinski definition) is 3. The van der Waals surface area contributed by atoms with Crippen LogP contribution in [-0.2, 0) is 4.79 Å². The highest BCUT2D eigenvalue weighted by molar-refractivity contribution is 6.15. The molecule has 0 saturated carbocycles. The van der Waals surface area contributed by atoms with Gasteiger partial charge in [-0.25, -0.2) is 0 Å². The SMILES string of the molecule is COc1cc2c(c(C)c1C)N1C(=O)CC3=CC=CC(C2=O)C31. The lowest BCUT2D eigenvalue weighted by Crippen LogP contribution is -2.47.